The van der Waals surface area contributed by atoms with E-state index in [1.165, 1.54) is 0 Å². The lowest BCUT2D eigenvalue weighted by molar-refractivity contribution is 0.0368. The molecule has 1 aliphatic rings. The molecule has 1 amide bonds. The number of carbonyl (C=O) groups is 1. The van der Waals surface area contributed by atoms with E-state index >= 15 is 0 Å². The standard InChI is InChI=1S/C14H18ClNO3S/c1-14(2,3)19-13(17)16-12(9-18-20-16)8-10-4-6-11(15)7-5-10/h4-7,12H,8-9H2,1-3H3. The van der Waals surface area contributed by atoms with E-state index in [-0.39, 0.29) is 12.1 Å². The minimum Gasteiger partial charge on any atom is -0.443 e. The topological polar surface area (TPSA) is 38.8 Å². The molecule has 1 aromatic rings. The van der Waals surface area contributed by atoms with Crippen LogP contribution in [0.4, 0.5) is 4.79 Å². The van der Waals surface area contributed by atoms with Gasteiger partial charge in [0.2, 0.25) is 0 Å². The molecular formula is C14H18ClNO3S. The summed E-state index contributed by atoms with van der Waals surface area (Å²) in [4.78, 5) is 12.1. The molecule has 20 heavy (non-hydrogen) atoms. The van der Waals surface area contributed by atoms with Gasteiger partial charge in [0.15, 0.2) is 0 Å². The lowest BCUT2D eigenvalue weighted by atomic mass is 10.1. The summed E-state index contributed by atoms with van der Waals surface area (Å²) < 4.78 is 12.2. The van der Waals surface area contributed by atoms with Gasteiger partial charge in [0.05, 0.1) is 12.6 Å². The summed E-state index contributed by atoms with van der Waals surface area (Å²) in [5.41, 5.74) is 0.601. The maximum absolute atomic E-state index is 12.1. The molecule has 1 heterocycles. The maximum Gasteiger partial charge on any atom is 0.422 e. The summed E-state index contributed by atoms with van der Waals surface area (Å²) in [6.07, 6.45) is 0.350. The van der Waals surface area contributed by atoms with E-state index < -0.39 is 5.60 Å². The minimum absolute atomic E-state index is 0.0315. The zero-order valence-corrected chi connectivity index (χ0v) is 13.3. The van der Waals surface area contributed by atoms with Crippen molar-refractivity contribution >= 4 is 29.9 Å². The lowest BCUT2D eigenvalue weighted by Crippen LogP contribution is -2.38. The predicted molar refractivity (Wildman–Crippen MR) is 80.6 cm³/mol. The second kappa shape index (κ2) is 6.24. The molecule has 6 heteroatoms. The quantitative estimate of drug-likeness (QED) is 0.609. The third-order valence-electron chi connectivity index (χ3n) is 2.68. The maximum atomic E-state index is 12.1. The molecule has 110 valence electrons. The number of hydrogen-bond donors (Lipinski definition) is 0. The number of hydrogen-bond acceptors (Lipinski definition) is 4. The normalized spacial score (nSPS) is 19.2. The Labute approximate surface area is 128 Å². The van der Waals surface area contributed by atoms with Crippen molar-refractivity contribution in [3.8, 4) is 0 Å². The van der Waals surface area contributed by atoms with Gasteiger partial charge in [0, 0.05) is 5.02 Å². The Morgan fingerprint density at radius 1 is 1.45 bits per heavy atom. The number of carbonyl (C=O) groups excluding carboxylic acids is 1. The number of nitrogens with zero attached hydrogens (tertiary/aromatic N) is 1. The van der Waals surface area contributed by atoms with Crippen LogP contribution in [0.3, 0.4) is 0 Å². The van der Waals surface area contributed by atoms with E-state index in [9.17, 15) is 4.79 Å². The zero-order valence-electron chi connectivity index (χ0n) is 11.8. The van der Waals surface area contributed by atoms with Crippen LogP contribution in [0.1, 0.15) is 26.3 Å². The van der Waals surface area contributed by atoms with E-state index in [2.05, 4.69) is 0 Å². The van der Waals surface area contributed by atoms with E-state index in [4.69, 9.17) is 20.5 Å². The molecule has 0 N–H and O–H groups in total. The van der Waals surface area contributed by atoms with Crippen LogP contribution in [0.5, 0.6) is 0 Å². The van der Waals surface area contributed by atoms with Gasteiger partial charge in [-0.1, -0.05) is 23.7 Å². The molecule has 1 aliphatic heterocycles. The van der Waals surface area contributed by atoms with Crippen LogP contribution in [-0.2, 0) is 15.3 Å². The van der Waals surface area contributed by atoms with Crippen LogP contribution in [0.15, 0.2) is 24.3 Å². The second-order valence-corrected chi connectivity index (χ2v) is 6.86. The van der Waals surface area contributed by atoms with Gasteiger partial charge in [-0.05, 0) is 44.9 Å². The fourth-order valence-electron chi connectivity index (χ4n) is 1.82. The third kappa shape index (κ3) is 4.30. The molecule has 0 radical (unpaired) electrons. The molecular weight excluding hydrogens is 298 g/mol. The Morgan fingerprint density at radius 3 is 2.70 bits per heavy atom. The molecule has 1 saturated heterocycles. The number of ether oxygens (including phenoxy) is 1. The lowest BCUT2D eigenvalue weighted by Gasteiger charge is -2.25. The van der Waals surface area contributed by atoms with Gasteiger partial charge in [0.1, 0.15) is 17.8 Å². The van der Waals surface area contributed by atoms with Crippen LogP contribution >= 0.6 is 23.8 Å². The Morgan fingerprint density at radius 2 is 2.10 bits per heavy atom. The molecule has 0 bridgehead atoms. The minimum atomic E-state index is -0.509. The molecule has 0 aromatic heterocycles. The average Bonchev–Trinajstić information content (AvgIpc) is 2.78. The Hall–Kier alpha value is -0.910. The van der Waals surface area contributed by atoms with Crippen molar-refractivity contribution < 1.29 is 13.7 Å². The summed E-state index contributed by atoms with van der Waals surface area (Å²) in [6.45, 7) is 6.04. The molecule has 1 atom stereocenters. The first kappa shape index (κ1) is 15.5. The fourth-order valence-corrected chi connectivity index (χ4v) is 2.63. The summed E-state index contributed by atoms with van der Waals surface area (Å²) in [5.74, 6) is 0. The van der Waals surface area contributed by atoms with E-state index in [1.807, 2.05) is 45.0 Å². The van der Waals surface area contributed by atoms with Gasteiger partial charge >= 0.3 is 6.09 Å². The Bertz CT molecular complexity index is 472. The number of rotatable bonds is 2. The summed E-state index contributed by atoms with van der Waals surface area (Å²) >= 11 is 6.92. The Kier molecular flexibility index (Phi) is 4.83. The van der Waals surface area contributed by atoms with E-state index in [1.54, 1.807) is 4.31 Å². The molecule has 1 unspecified atom stereocenters. The van der Waals surface area contributed by atoms with Gasteiger partial charge in [-0.3, -0.25) is 4.18 Å². The molecule has 1 aromatic carbocycles. The van der Waals surface area contributed by atoms with Crippen molar-refractivity contribution in [2.45, 2.75) is 38.8 Å². The number of halogens is 1. The van der Waals surface area contributed by atoms with Crippen LogP contribution < -0.4 is 0 Å². The first-order chi connectivity index (χ1) is 9.35. The van der Waals surface area contributed by atoms with Crippen molar-refractivity contribution in [2.24, 2.45) is 0 Å². The summed E-state index contributed by atoms with van der Waals surface area (Å²) in [6, 6.07) is 7.57. The molecule has 0 saturated carbocycles. The van der Waals surface area contributed by atoms with Crippen LogP contribution in [-0.4, -0.2) is 28.6 Å². The van der Waals surface area contributed by atoms with Gasteiger partial charge in [-0.15, -0.1) is 0 Å². The van der Waals surface area contributed by atoms with Gasteiger partial charge in [0.25, 0.3) is 0 Å². The summed E-state index contributed by atoms with van der Waals surface area (Å²) in [7, 11) is 0. The monoisotopic (exact) mass is 315 g/mol. The van der Waals surface area contributed by atoms with Crippen molar-refractivity contribution in [3.05, 3.63) is 34.9 Å². The highest BCUT2D eigenvalue weighted by molar-refractivity contribution is 7.93. The largest absolute Gasteiger partial charge is 0.443 e. The van der Waals surface area contributed by atoms with E-state index in [0.717, 1.165) is 17.8 Å². The van der Waals surface area contributed by atoms with Crippen molar-refractivity contribution in [3.63, 3.8) is 0 Å². The van der Waals surface area contributed by atoms with Crippen molar-refractivity contribution in [2.75, 3.05) is 6.61 Å². The fraction of sp³-hybridized carbons (Fsp3) is 0.500. The molecule has 4 nitrogen and oxygen atoms in total. The van der Waals surface area contributed by atoms with Crippen LogP contribution in [0, 0.1) is 0 Å². The highest BCUT2D eigenvalue weighted by atomic mass is 35.5. The molecule has 0 spiro atoms. The molecule has 1 fully saturated rings. The first-order valence-electron chi connectivity index (χ1n) is 6.41. The molecule has 2 rings (SSSR count). The summed E-state index contributed by atoms with van der Waals surface area (Å²) in [5, 5.41) is 0.704. The van der Waals surface area contributed by atoms with E-state index in [0.29, 0.717) is 18.1 Å². The third-order valence-corrected chi connectivity index (χ3v) is 3.78. The first-order valence-corrected chi connectivity index (χ1v) is 7.49. The molecule has 0 aliphatic carbocycles. The van der Waals surface area contributed by atoms with Gasteiger partial charge in [-0.2, -0.15) is 0 Å². The number of benzene rings is 1. The second-order valence-electron chi connectivity index (χ2n) is 5.65. The number of amides is 1. The zero-order chi connectivity index (χ0) is 14.8. The van der Waals surface area contributed by atoms with Gasteiger partial charge < -0.3 is 4.74 Å². The predicted octanol–water partition coefficient (Wildman–Crippen LogP) is 4.08. The van der Waals surface area contributed by atoms with Gasteiger partial charge in [-0.25, -0.2) is 9.10 Å². The smallest absolute Gasteiger partial charge is 0.422 e. The SMILES string of the molecule is CC(C)(C)OC(=O)N1SOCC1Cc1ccc(Cl)cc1. The van der Waals surface area contributed by atoms with Crippen molar-refractivity contribution in [1.29, 1.82) is 0 Å². The van der Waals surface area contributed by atoms with Crippen molar-refractivity contribution in [1.82, 2.24) is 4.31 Å². The van der Waals surface area contributed by atoms with Crippen LogP contribution in [0.25, 0.3) is 0 Å². The highest BCUT2D eigenvalue weighted by Crippen LogP contribution is 2.29. The Balaban J connectivity index is 2.00. The van der Waals surface area contributed by atoms with Crippen LogP contribution in [0.2, 0.25) is 5.02 Å². The highest BCUT2D eigenvalue weighted by Gasteiger charge is 2.34. The average molecular weight is 316 g/mol.